The van der Waals surface area contributed by atoms with Gasteiger partial charge in [0, 0.05) is 26.9 Å². The molecule has 1 aliphatic heterocycles. The van der Waals surface area contributed by atoms with Crippen LogP contribution in [0.3, 0.4) is 0 Å². The van der Waals surface area contributed by atoms with E-state index in [1.165, 1.54) is 4.90 Å². The molecule has 2 saturated carbocycles. The number of nitrogens with one attached hydrogen (secondary N) is 1. The van der Waals surface area contributed by atoms with E-state index in [1.807, 2.05) is 0 Å². The van der Waals surface area contributed by atoms with E-state index in [2.05, 4.69) is 37.2 Å². The maximum atomic E-state index is 12.8. The highest BCUT2D eigenvalue weighted by Crippen LogP contribution is 2.60. The molecule has 0 unspecified atom stereocenters. The van der Waals surface area contributed by atoms with Gasteiger partial charge in [0.1, 0.15) is 0 Å². The number of likely N-dealkylation sites (tertiary alicyclic amines) is 1. The number of nitrogens with zero attached hydrogens (tertiary/aromatic N) is 1. The van der Waals surface area contributed by atoms with Crippen LogP contribution in [0.5, 0.6) is 0 Å². The number of halogens is 3. The molecule has 30 heavy (non-hydrogen) atoms. The third kappa shape index (κ3) is 3.91. The molecule has 2 aliphatic carbocycles. The third-order valence-corrected chi connectivity index (χ3v) is 9.57. The summed E-state index contributed by atoms with van der Waals surface area (Å²) in [7, 11) is 0. The number of esters is 1. The average molecular weight is 563 g/mol. The summed E-state index contributed by atoms with van der Waals surface area (Å²) in [6.45, 7) is -0.475. The van der Waals surface area contributed by atoms with Crippen LogP contribution in [0.25, 0.3) is 0 Å². The highest BCUT2D eigenvalue weighted by molar-refractivity contribution is 9.12. The molecular weight excluding hydrogens is 543 g/mol. The van der Waals surface area contributed by atoms with Crippen molar-refractivity contribution < 1.29 is 23.9 Å². The fourth-order valence-corrected chi connectivity index (χ4v) is 6.78. The Hall–Kier alpha value is -1.45. The monoisotopic (exact) mass is 560 g/mol. The molecule has 1 N–H and O–H groups in total. The predicted octanol–water partition coefficient (Wildman–Crippen LogP) is 2.99. The molecule has 4 rings (SSSR count). The molecule has 1 aromatic rings. The Balaban J connectivity index is 1.25. The second-order valence-electron chi connectivity index (χ2n) is 7.80. The Morgan fingerprint density at radius 3 is 2.20 bits per heavy atom. The Labute approximate surface area is 195 Å². The number of fused-ring (bicyclic) bond motifs is 5. The minimum Gasteiger partial charge on any atom is -0.456 e. The van der Waals surface area contributed by atoms with Gasteiger partial charge < -0.3 is 10.1 Å². The molecule has 1 heterocycles. The number of hydrogen-bond acceptors (Lipinski definition) is 5. The van der Waals surface area contributed by atoms with Gasteiger partial charge in [-0.05, 0) is 42.5 Å². The number of hydrogen-bond donors (Lipinski definition) is 1. The van der Waals surface area contributed by atoms with Crippen molar-refractivity contribution in [3.63, 3.8) is 0 Å². The molecule has 6 atom stereocenters. The van der Waals surface area contributed by atoms with Crippen molar-refractivity contribution in [2.45, 2.75) is 22.5 Å². The molecule has 1 saturated heterocycles. The van der Waals surface area contributed by atoms with Gasteiger partial charge in [-0.3, -0.25) is 24.1 Å². The molecule has 3 amide bonds. The zero-order valence-electron chi connectivity index (χ0n) is 15.7. The van der Waals surface area contributed by atoms with Crippen LogP contribution in [0.4, 0.5) is 5.69 Å². The van der Waals surface area contributed by atoms with Gasteiger partial charge in [-0.1, -0.05) is 43.5 Å². The summed E-state index contributed by atoms with van der Waals surface area (Å²) in [5, 5.41) is 3.13. The van der Waals surface area contributed by atoms with Crippen molar-refractivity contribution in [3.05, 3.63) is 29.3 Å². The number of carbonyl (C=O) groups excluding carboxylic acids is 4. The number of carbonyl (C=O) groups is 4. The van der Waals surface area contributed by atoms with Crippen LogP contribution in [-0.4, -0.2) is 51.4 Å². The van der Waals surface area contributed by atoms with Crippen LogP contribution in [0, 0.1) is 23.7 Å². The zero-order valence-corrected chi connectivity index (χ0v) is 19.7. The first kappa shape index (κ1) is 21.8. The van der Waals surface area contributed by atoms with E-state index in [9.17, 15) is 19.2 Å². The minimum absolute atomic E-state index is 0.0261. The second-order valence-corrected chi connectivity index (χ2v) is 10.3. The molecule has 0 aromatic heterocycles. The fraction of sp³-hybridized carbons (Fsp3) is 0.500. The molecule has 2 bridgehead atoms. The van der Waals surface area contributed by atoms with Gasteiger partial charge in [0.15, 0.2) is 6.61 Å². The van der Waals surface area contributed by atoms with Crippen molar-refractivity contribution in [2.24, 2.45) is 23.7 Å². The summed E-state index contributed by atoms with van der Waals surface area (Å²) in [6.07, 6.45) is 0.715. The van der Waals surface area contributed by atoms with E-state index in [-0.39, 0.29) is 58.1 Å². The highest BCUT2D eigenvalue weighted by Gasteiger charge is 2.66. The molecule has 3 aliphatic rings. The summed E-state index contributed by atoms with van der Waals surface area (Å²) in [5.74, 6) is -1.87. The first-order chi connectivity index (χ1) is 14.3. The molecule has 10 heteroatoms. The van der Waals surface area contributed by atoms with Crippen molar-refractivity contribution in [1.29, 1.82) is 0 Å². The van der Waals surface area contributed by atoms with Crippen molar-refractivity contribution in [1.82, 2.24) is 4.90 Å². The number of alkyl halides is 2. The largest absolute Gasteiger partial charge is 0.456 e. The number of amides is 3. The summed E-state index contributed by atoms with van der Waals surface area (Å²) < 4.78 is 4.97. The van der Waals surface area contributed by atoms with E-state index >= 15 is 0 Å². The highest BCUT2D eigenvalue weighted by atomic mass is 79.9. The number of imide groups is 1. The lowest BCUT2D eigenvalue weighted by Gasteiger charge is -2.28. The molecule has 3 fully saturated rings. The number of benzene rings is 1. The van der Waals surface area contributed by atoms with Crippen LogP contribution < -0.4 is 5.32 Å². The SMILES string of the molecule is O=C(COC(=O)CCN1C(=O)[C@@H]2[C@H]3C[C@@H]([C@@H](Br)[C@H]3Br)[C@H]2C1=O)Nc1ccc(Cl)cc1. The van der Waals surface area contributed by atoms with Crippen LogP contribution in [-0.2, 0) is 23.9 Å². The van der Waals surface area contributed by atoms with Crippen LogP contribution in [0.15, 0.2) is 24.3 Å². The molecule has 1 aromatic carbocycles. The van der Waals surface area contributed by atoms with Gasteiger partial charge in [0.05, 0.1) is 18.3 Å². The number of rotatable bonds is 6. The minimum atomic E-state index is -0.640. The standard InChI is InChI=1S/C20H19Br2ClN2O5/c21-17-11-7-12(18(17)22)16-15(11)19(28)25(20(16)29)6-5-14(27)30-8-13(26)24-10-3-1-9(23)2-4-10/h1-4,11-12,15-18H,5-8H2,(H,24,26)/t11-,12-,15-,16-,17-,18+/m1/s1. The van der Waals surface area contributed by atoms with E-state index in [0.29, 0.717) is 10.7 Å². The Morgan fingerprint density at radius 1 is 1.07 bits per heavy atom. The summed E-state index contributed by atoms with van der Waals surface area (Å²) in [4.78, 5) is 51.0. The average Bonchev–Trinajstić information content (AvgIpc) is 3.32. The van der Waals surface area contributed by atoms with Gasteiger partial charge in [-0.25, -0.2) is 0 Å². The maximum absolute atomic E-state index is 12.8. The van der Waals surface area contributed by atoms with Gasteiger partial charge in [-0.15, -0.1) is 0 Å². The lowest BCUT2D eigenvalue weighted by molar-refractivity contribution is -0.149. The Morgan fingerprint density at radius 2 is 1.63 bits per heavy atom. The van der Waals surface area contributed by atoms with Gasteiger partial charge in [0.25, 0.3) is 5.91 Å². The Bertz CT molecular complexity index is 864. The lowest BCUT2D eigenvalue weighted by Crippen LogP contribution is -2.37. The smallest absolute Gasteiger partial charge is 0.308 e. The number of ether oxygens (including phenoxy) is 1. The van der Waals surface area contributed by atoms with Crippen LogP contribution >= 0.6 is 43.5 Å². The van der Waals surface area contributed by atoms with Gasteiger partial charge in [0.2, 0.25) is 11.8 Å². The predicted molar refractivity (Wildman–Crippen MR) is 116 cm³/mol. The third-order valence-electron chi connectivity index (χ3n) is 6.11. The van der Waals surface area contributed by atoms with Gasteiger partial charge in [-0.2, -0.15) is 0 Å². The van der Waals surface area contributed by atoms with E-state index < -0.39 is 18.5 Å². The van der Waals surface area contributed by atoms with Crippen LogP contribution in [0.1, 0.15) is 12.8 Å². The van der Waals surface area contributed by atoms with Crippen molar-refractivity contribution in [2.75, 3.05) is 18.5 Å². The van der Waals surface area contributed by atoms with Crippen LogP contribution in [0.2, 0.25) is 5.02 Å². The van der Waals surface area contributed by atoms with Crippen molar-refractivity contribution >= 4 is 72.8 Å². The first-order valence-electron chi connectivity index (χ1n) is 9.62. The zero-order chi connectivity index (χ0) is 21.6. The Kier molecular flexibility index (Phi) is 6.23. The molecule has 0 spiro atoms. The number of anilines is 1. The summed E-state index contributed by atoms with van der Waals surface area (Å²) in [5.41, 5.74) is 0.532. The molecule has 0 radical (unpaired) electrons. The second kappa shape index (κ2) is 8.59. The lowest BCUT2D eigenvalue weighted by atomic mass is 9.81. The van der Waals surface area contributed by atoms with Crippen molar-refractivity contribution in [3.8, 4) is 0 Å². The molecule has 160 valence electrons. The summed E-state index contributed by atoms with van der Waals surface area (Å²) in [6, 6.07) is 6.52. The fourth-order valence-electron chi connectivity index (χ4n) is 4.78. The first-order valence-corrected chi connectivity index (χ1v) is 11.8. The topological polar surface area (TPSA) is 92.8 Å². The van der Waals surface area contributed by atoms with E-state index in [0.717, 1.165) is 6.42 Å². The molecule has 7 nitrogen and oxygen atoms in total. The van der Waals surface area contributed by atoms with E-state index in [1.54, 1.807) is 24.3 Å². The van der Waals surface area contributed by atoms with Gasteiger partial charge >= 0.3 is 5.97 Å². The normalized spacial score (nSPS) is 31.8. The maximum Gasteiger partial charge on any atom is 0.308 e. The molecular formula is C20H19Br2ClN2O5. The quantitative estimate of drug-likeness (QED) is 0.327. The van der Waals surface area contributed by atoms with E-state index in [4.69, 9.17) is 16.3 Å². The summed E-state index contributed by atoms with van der Waals surface area (Å²) >= 11 is 13.1.